The summed E-state index contributed by atoms with van der Waals surface area (Å²) < 4.78 is 24.4. The molecule has 1 aromatic rings. The van der Waals surface area contributed by atoms with Crippen molar-refractivity contribution >= 4 is 48.4 Å². The van der Waals surface area contributed by atoms with Crippen molar-refractivity contribution in [1.29, 1.82) is 0 Å². The molecule has 0 fully saturated rings. The van der Waals surface area contributed by atoms with Gasteiger partial charge >= 0.3 is 24.8 Å². The number of rotatable bonds is 16. The van der Waals surface area contributed by atoms with E-state index in [2.05, 4.69) is 25.2 Å². The van der Waals surface area contributed by atoms with Crippen LogP contribution in [-0.2, 0) is 60.8 Å². The molecular formula is C23H34N3O11PS. The molecule has 0 aliphatic rings. The Hall–Kier alpha value is -3.10. The molecule has 218 valence electrons. The first kappa shape index (κ1) is 33.9. The summed E-state index contributed by atoms with van der Waals surface area (Å²) in [5.74, 6) is -3.14. The number of esters is 2. The number of hydrogen-bond acceptors (Lipinski definition) is 11. The zero-order valence-electron chi connectivity index (χ0n) is 22.0. The number of amides is 3. The highest BCUT2D eigenvalue weighted by Crippen LogP contribution is 2.42. The van der Waals surface area contributed by atoms with Gasteiger partial charge in [0.15, 0.2) is 0 Å². The Bertz CT molecular complexity index is 1030. The zero-order valence-corrected chi connectivity index (χ0v) is 23.8. The molecule has 16 heteroatoms. The SMILES string of the molecule is CCOC(=O)[C@H](C)NC(=O)[C@H](COP(O)(=S)OC)NC(=O)[C@H](CCC(=O)OC)NC(=O)OCc1ccccc1. The second kappa shape index (κ2) is 17.5. The summed E-state index contributed by atoms with van der Waals surface area (Å²) in [6.45, 7) is -1.42. The molecule has 4 atom stereocenters. The standard InChI is InChI=1S/C23H34N3O11PS/c1-5-35-22(30)15(2)24-21(29)18(14-37-38(32,39)34-4)25-20(28)17(11-12-19(27)33-3)26-23(31)36-13-16-9-7-6-8-10-16/h6-10,15,17-18H,5,11-14H2,1-4H3,(H,24,29)(H,25,28)(H,26,31)(H,32,39)/t15-,17-,18-,38?/m0/s1. The van der Waals surface area contributed by atoms with Crippen LogP contribution in [0.2, 0.25) is 0 Å². The molecule has 14 nitrogen and oxygen atoms in total. The molecule has 0 bridgehead atoms. The molecule has 1 unspecified atom stereocenters. The average Bonchev–Trinajstić information content (AvgIpc) is 2.92. The van der Waals surface area contributed by atoms with Crippen molar-refractivity contribution in [3.05, 3.63) is 35.9 Å². The van der Waals surface area contributed by atoms with Gasteiger partial charge in [-0.15, -0.1) is 0 Å². The molecule has 3 amide bonds. The molecule has 0 aliphatic heterocycles. The number of carbonyl (C=O) groups is 5. The fourth-order valence-electron chi connectivity index (χ4n) is 2.86. The van der Waals surface area contributed by atoms with E-state index in [1.54, 1.807) is 37.3 Å². The number of carbonyl (C=O) groups excluding carboxylic acids is 5. The van der Waals surface area contributed by atoms with Gasteiger partial charge in [-0.3, -0.25) is 14.4 Å². The largest absolute Gasteiger partial charge is 0.469 e. The summed E-state index contributed by atoms with van der Waals surface area (Å²) >= 11 is 4.77. The third-order valence-corrected chi connectivity index (χ3v) is 6.65. The number of methoxy groups -OCH3 is 1. The quantitative estimate of drug-likeness (QED) is 0.120. The van der Waals surface area contributed by atoms with Gasteiger partial charge in [-0.25, -0.2) is 9.59 Å². The van der Waals surface area contributed by atoms with Gasteiger partial charge in [0.25, 0.3) is 0 Å². The Balaban J connectivity index is 3.01. The van der Waals surface area contributed by atoms with Gasteiger partial charge in [-0.1, -0.05) is 30.3 Å². The minimum atomic E-state index is -3.73. The van der Waals surface area contributed by atoms with Crippen LogP contribution < -0.4 is 16.0 Å². The number of nitrogens with one attached hydrogen (secondary N) is 3. The third kappa shape index (κ3) is 13.5. The van der Waals surface area contributed by atoms with Crippen molar-refractivity contribution in [1.82, 2.24) is 16.0 Å². The van der Waals surface area contributed by atoms with E-state index in [-0.39, 0.29) is 26.1 Å². The fourth-order valence-corrected chi connectivity index (χ4v) is 3.48. The van der Waals surface area contributed by atoms with E-state index in [0.29, 0.717) is 5.56 Å². The Kier molecular flexibility index (Phi) is 15.2. The predicted molar refractivity (Wildman–Crippen MR) is 140 cm³/mol. The van der Waals surface area contributed by atoms with Crippen molar-refractivity contribution in [2.24, 2.45) is 0 Å². The van der Waals surface area contributed by atoms with Crippen LogP contribution in [0.15, 0.2) is 30.3 Å². The topological polar surface area (TPSA) is 188 Å². The normalized spacial score (nSPS) is 14.5. The first-order chi connectivity index (χ1) is 18.4. The Labute approximate surface area is 231 Å². The first-order valence-corrected chi connectivity index (χ1v) is 14.4. The molecule has 1 aromatic carbocycles. The lowest BCUT2D eigenvalue weighted by Gasteiger charge is -2.25. The molecule has 1 rings (SSSR count). The van der Waals surface area contributed by atoms with E-state index in [0.717, 1.165) is 14.2 Å². The second-order valence-corrected chi connectivity index (χ2v) is 10.8. The minimum absolute atomic E-state index is 0.0809. The molecule has 0 radical (unpaired) electrons. The highest BCUT2D eigenvalue weighted by atomic mass is 32.5. The van der Waals surface area contributed by atoms with E-state index < -0.39 is 61.3 Å². The van der Waals surface area contributed by atoms with E-state index in [1.807, 2.05) is 0 Å². The molecular weight excluding hydrogens is 557 g/mol. The minimum Gasteiger partial charge on any atom is -0.469 e. The van der Waals surface area contributed by atoms with Crippen LogP contribution in [0.5, 0.6) is 0 Å². The monoisotopic (exact) mass is 591 g/mol. The summed E-state index contributed by atoms with van der Waals surface area (Å²) in [5, 5.41) is 7.08. The van der Waals surface area contributed by atoms with Crippen molar-refractivity contribution in [3.8, 4) is 0 Å². The summed E-state index contributed by atoms with van der Waals surface area (Å²) in [7, 11) is 2.27. The summed E-state index contributed by atoms with van der Waals surface area (Å²) in [6.07, 6.45) is -1.41. The van der Waals surface area contributed by atoms with Gasteiger partial charge in [0.05, 0.1) is 20.3 Å². The molecule has 0 aliphatic carbocycles. The van der Waals surface area contributed by atoms with E-state index >= 15 is 0 Å². The van der Waals surface area contributed by atoms with Crippen LogP contribution in [0.3, 0.4) is 0 Å². The van der Waals surface area contributed by atoms with Crippen LogP contribution in [0.25, 0.3) is 0 Å². The first-order valence-electron chi connectivity index (χ1n) is 11.8. The Morgan fingerprint density at radius 2 is 1.62 bits per heavy atom. The van der Waals surface area contributed by atoms with Crippen LogP contribution >= 0.6 is 6.72 Å². The molecule has 0 saturated heterocycles. The van der Waals surface area contributed by atoms with Gasteiger partial charge < -0.3 is 44.1 Å². The van der Waals surface area contributed by atoms with Gasteiger partial charge in [0.1, 0.15) is 24.7 Å². The second-order valence-electron chi connectivity index (χ2n) is 7.86. The van der Waals surface area contributed by atoms with Crippen LogP contribution in [0.1, 0.15) is 32.3 Å². The van der Waals surface area contributed by atoms with Gasteiger partial charge in [0, 0.05) is 13.5 Å². The lowest BCUT2D eigenvalue weighted by Crippen LogP contribution is -2.57. The molecule has 0 heterocycles. The van der Waals surface area contributed by atoms with Crippen molar-refractivity contribution < 1.29 is 52.1 Å². The highest BCUT2D eigenvalue weighted by Gasteiger charge is 2.31. The third-order valence-electron chi connectivity index (χ3n) is 4.95. The lowest BCUT2D eigenvalue weighted by molar-refractivity contribution is -0.147. The van der Waals surface area contributed by atoms with Gasteiger partial charge in [-0.05, 0) is 37.6 Å². The fraction of sp³-hybridized carbons (Fsp3) is 0.522. The smallest absolute Gasteiger partial charge is 0.408 e. The predicted octanol–water partition coefficient (Wildman–Crippen LogP) is 0.667. The molecule has 39 heavy (non-hydrogen) atoms. The summed E-state index contributed by atoms with van der Waals surface area (Å²) in [4.78, 5) is 71.9. The van der Waals surface area contributed by atoms with Gasteiger partial charge in [0.2, 0.25) is 11.8 Å². The highest BCUT2D eigenvalue weighted by molar-refractivity contribution is 8.07. The van der Waals surface area contributed by atoms with Gasteiger partial charge in [-0.2, -0.15) is 0 Å². The zero-order chi connectivity index (χ0) is 29.4. The average molecular weight is 592 g/mol. The number of ether oxygens (including phenoxy) is 3. The Morgan fingerprint density at radius 1 is 0.974 bits per heavy atom. The molecule has 0 saturated carbocycles. The maximum atomic E-state index is 13.1. The van der Waals surface area contributed by atoms with E-state index in [1.165, 1.54) is 6.92 Å². The number of hydrogen-bond donors (Lipinski definition) is 4. The van der Waals surface area contributed by atoms with Crippen molar-refractivity contribution in [2.75, 3.05) is 27.4 Å². The van der Waals surface area contributed by atoms with Crippen LogP contribution in [-0.4, -0.2) is 80.3 Å². The van der Waals surface area contributed by atoms with Crippen LogP contribution in [0.4, 0.5) is 4.79 Å². The summed E-state index contributed by atoms with van der Waals surface area (Å²) in [6, 6.07) is 4.85. The lowest BCUT2D eigenvalue weighted by atomic mass is 10.1. The van der Waals surface area contributed by atoms with Crippen molar-refractivity contribution in [2.45, 2.75) is 51.4 Å². The maximum Gasteiger partial charge on any atom is 0.408 e. The van der Waals surface area contributed by atoms with Crippen molar-refractivity contribution in [3.63, 3.8) is 0 Å². The molecule has 0 spiro atoms. The Morgan fingerprint density at radius 3 is 2.21 bits per heavy atom. The van der Waals surface area contributed by atoms with Crippen LogP contribution in [0, 0.1) is 0 Å². The molecule has 0 aromatic heterocycles. The maximum absolute atomic E-state index is 13.1. The number of alkyl carbamates (subject to hydrolysis) is 1. The van der Waals surface area contributed by atoms with E-state index in [9.17, 15) is 28.9 Å². The molecule has 4 N–H and O–H groups in total. The van der Waals surface area contributed by atoms with E-state index in [4.69, 9.17) is 25.8 Å². The number of benzene rings is 1. The summed E-state index contributed by atoms with van der Waals surface area (Å²) in [5.41, 5.74) is 0.700.